The minimum Gasteiger partial charge on any atom is -0.294 e. The molecule has 0 aliphatic carbocycles. The molecule has 2 heterocycles. The summed E-state index contributed by atoms with van der Waals surface area (Å²) in [6.45, 7) is 1.66. The number of H-pyrrole nitrogens is 1. The van der Waals surface area contributed by atoms with Crippen molar-refractivity contribution in [2.24, 2.45) is 0 Å². The zero-order valence-corrected chi connectivity index (χ0v) is 18.4. The number of fused-ring (bicyclic) bond motifs is 1. The maximum atomic E-state index is 14.9. The van der Waals surface area contributed by atoms with Crippen molar-refractivity contribution in [3.8, 4) is 11.3 Å². The van der Waals surface area contributed by atoms with Crippen LogP contribution in [0.2, 0.25) is 0 Å². The number of carbonyl (C=O) groups excluding carboxylic acids is 1. The van der Waals surface area contributed by atoms with E-state index in [1.165, 1.54) is 6.20 Å². The molecule has 4 aromatic rings. The van der Waals surface area contributed by atoms with Gasteiger partial charge in [-0.2, -0.15) is 5.10 Å². The van der Waals surface area contributed by atoms with Crippen LogP contribution in [0.4, 0.5) is 14.5 Å². The Kier molecular flexibility index (Phi) is 6.19. The van der Waals surface area contributed by atoms with Crippen molar-refractivity contribution in [1.82, 2.24) is 15.2 Å². The highest BCUT2D eigenvalue weighted by molar-refractivity contribution is 7.92. The van der Waals surface area contributed by atoms with E-state index >= 15 is 0 Å². The molecular formula is C23H20F2N4O3S. The Morgan fingerprint density at radius 3 is 2.61 bits per heavy atom. The Bertz CT molecular complexity index is 1440. The van der Waals surface area contributed by atoms with Crippen LogP contribution in [0.5, 0.6) is 0 Å². The van der Waals surface area contributed by atoms with Gasteiger partial charge in [0.25, 0.3) is 0 Å². The maximum absolute atomic E-state index is 14.9. The number of nitrogens with zero attached hydrogens (tertiary/aromatic N) is 2. The number of rotatable bonds is 8. The lowest BCUT2D eigenvalue weighted by atomic mass is 10.0. The molecule has 4 rings (SSSR count). The Morgan fingerprint density at radius 1 is 1.12 bits per heavy atom. The fourth-order valence-corrected chi connectivity index (χ4v) is 4.64. The van der Waals surface area contributed by atoms with Gasteiger partial charge >= 0.3 is 0 Å². The third-order valence-corrected chi connectivity index (χ3v) is 6.48. The smallest absolute Gasteiger partial charge is 0.232 e. The van der Waals surface area contributed by atoms with Crippen molar-refractivity contribution in [2.45, 2.75) is 19.8 Å². The minimum atomic E-state index is -3.81. The van der Waals surface area contributed by atoms with Crippen LogP contribution in [-0.2, 0) is 16.4 Å². The van der Waals surface area contributed by atoms with Gasteiger partial charge < -0.3 is 0 Å². The van der Waals surface area contributed by atoms with E-state index in [4.69, 9.17) is 0 Å². The molecule has 170 valence electrons. The lowest BCUT2D eigenvalue weighted by molar-refractivity contribution is 0.0985. The first-order valence-corrected chi connectivity index (χ1v) is 11.8. The molecule has 0 bridgehead atoms. The Hall–Kier alpha value is -3.66. The molecule has 2 aromatic carbocycles. The van der Waals surface area contributed by atoms with Crippen molar-refractivity contribution in [2.75, 3.05) is 10.5 Å². The fourth-order valence-electron chi connectivity index (χ4n) is 3.51. The third-order valence-electron chi connectivity index (χ3n) is 5.00. The van der Waals surface area contributed by atoms with Gasteiger partial charge in [-0.05, 0) is 30.2 Å². The zero-order chi connectivity index (χ0) is 23.6. The zero-order valence-electron chi connectivity index (χ0n) is 17.6. The second kappa shape index (κ2) is 9.07. The van der Waals surface area contributed by atoms with Crippen molar-refractivity contribution >= 4 is 32.5 Å². The molecule has 7 nitrogen and oxygen atoms in total. The van der Waals surface area contributed by atoms with E-state index in [1.807, 2.05) is 30.3 Å². The molecular weight excluding hydrogens is 450 g/mol. The van der Waals surface area contributed by atoms with Crippen LogP contribution in [0.15, 0.2) is 54.7 Å². The minimum absolute atomic E-state index is 0.229. The highest BCUT2D eigenvalue weighted by atomic mass is 32.2. The molecule has 33 heavy (non-hydrogen) atoms. The van der Waals surface area contributed by atoms with E-state index in [0.717, 1.165) is 17.7 Å². The fraction of sp³-hybridized carbons (Fsp3) is 0.174. The molecule has 0 fully saturated rings. The molecule has 0 radical (unpaired) electrons. The summed E-state index contributed by atoms with van der Waals surface area (Å²) in [4.78, 5) is 17.1. The number of nitrogens with one attached hydrogen (secondary N) is 2. The number of hydrogen-bond donors (Lipinski definition) is 2. The first kappa shape index (κ1) is 22.5. The molecule has 2 aromatic heterocycles. The second-order valence-corrected chi connectivity index (χ2v) is 9.33. The Morgan fingerprint density at radius 2 is 1.88 bits per heavy atom. The van der Waals surface area contributed by atoms with Crippen LogP contribution in [0.1, 0.15) is 29.3 Å². The van der Waals surface area contributed by atoms with E-state index in [2.05, 4.69) is 19.9 Å². The quantitative estimate of drug-likeness (QED) is 0.370. The van der Waals surface area contributed by atoms with Crippen LogP contribution in [-0.4, -0.2) is 35.1 Å². The maximum Gasteiger partial charge on any atom is 0.232 e. The largest absolute Gasteiger partial charge is 0.294 e. The number of carbonyl (C=O) groups is 1. The predicted octanol–water partition coefficient (Wildman–Crippen LogP) is 4.48. The number of benzene rings is 2. The number of aromatic amines is 1. The van der Waals surface area contributed by atoms with Gasteiger partial charge in [0, 0.05) is 23.6 Å². The van der Waals surface area contributed by atoms with Crippen molar-refractivity contribution in [3.05, 3.63) is 77.5 Å². The lowest BCUT2D eigenvalue weighted by Gasteiger charge is -2.11. The summed E-state index contributed by atoms with van der Waals surface area (Å²) in [7, 11) is -3.81. The standard InChI is InChI=1S/C23H20F2N4O3S/c1-2-10-33(31,32)29-18-9-8-17(24)20(21(18)25)19(30)12-14-11-16-22(15-6-4-3-5-7-15)27-28-23(16)26-13-14/h3-9,11,13,29H,2,10,12H2,1H3,(H,26,27,28). The molecule has 0 saturated carbocycles. The van der Waals surface area contributed by atoms with Gasteiger partial charge in [-0.25, -0.2) is 22.2 Å². The van der Waals surface area contributed by atoms with Gasteiger partial charge in [0.15, 0.2) is 17.2 Å². The number of halogens is 2. The molecule has 0 aliphatic rings. The highest BCUT2D eigenvalue weighted by Gasteiger charge is 2.23. The van der Waals surface area contributed by atoms with E-state index in [0.29, 0.717) is 28.7 Å². The molecule has 2 N–H and O–H groups in total. The van der Waals surface area contributed by atoms with E-state index < -0.39 is 38.7 Å². The summed E-state index contributed by atoms with van der Waals surface area (Å²) < 4.78 is 55.4. The van der Waals surface area contributed by atoms with E-state index in [1.54, 1.807) is 13.0 Å². The van der Waals surface area contributed by atoms with Crippen molar-refractivity contribution in [3.63, 3.8) is 0 Å². The molecule has 0 unspecified atom stereocenters. The number of anilines is 1. The summed E-state index contributed by atoms with van der Waals surface area (Å²) in [5.74, 6) is -3.39. The third kappa shape index (κ3) is 4.75. The molecule has 0 amide bonds. The number of ketones is 1. The number of pyridine rings is 1. The van der Waals surface area contributed by atoms with Crippen LogP contribution in [0.25, 0.3) is 22.3 Å². The Labute approximate surface area is 188 Å². The first-order valence-electron chi connectivity index (χ1n) is 10.2. The van der Waals surface area contributed by atoms with Gasteiger partial charge in [0.2, 0.25) is 10.0 Å². The average molecular weight is 471 g/mol. The highest BCUT2D eigenvalue weighted by Crippen LogP contribution is 2.27. The lowest BCUT2D eigenvalue weighted by Crippen LogP contribution is -2.19. The van der Waals surface area contributed by atoms with Gasteiger partial charge in [0.05, 0.1) is 22.7 Å². The monoisotopic (exact) mass is 470 g/mol. The van der Waals surface area contributed by atoms with Gasteiger partial charge in [-0.3, -0.25) is 14.6 Å². The Balaban J connectivity index is 1.65. The summed E-state index contributed by atoms with van der Waals surface area (Å²) in [5.41, 5.74) is 1.17. The number of hydrogen-bond acceptors (Lipinski definition) is 5. The van der Waals surface area contributed by atoms with Crippen LogP contribution < -0.4 is 4.72 Å². The molecule has 0 atom stereocenters. The van der Waals surface area contributed by atoms with Gasteiger partial charge in [-0.1, -0.05) is 37.3 Å². The SMILES string of the molecule is CCCS(=O)(=O)Nc1ccc(F)c(C(=O)Cc2cnc3n[nH]c(-c4ccccc4)c3c2)c1F. The normalized spacial score (nSPS) is 11.6. The summed E-state index contributed by atoms with van der Waals surface area (Å²) in [6, 6.07) is 12.9. The van der Waals surface area contributed by atoms with E-state index in [9.17, 15) is 22.0 Å². The van der Waals surface area contributed by atoms with Gasteiger partial charge in [0.1, 0.15) is 5.82 Å². The molecule has 10 heteroatoms. The number of Topliss-reactive ketones (excluding diaryl/α,β-unsaturated/α-hetero) is 1. The molecule has 0 saturated heterocycles. The predicted molar refractivity (Wildman–Crippen MR) is 121 cm³/mol. The number of aromatic nitrogens is 3. The summed E-state index contributed by atoms with van der Waals surface area (Å²) >= 11 is 0. The topological polar surface area (TPSA) is 105 Å². The summed E-state index contributed by atoms with van der Waals surface area (Å²) in [5, 5.41) is 7.73. The van der Waals surface area contributed by atoms with Crippen LogP contribution in [0.3, 0.4) is 0 Å². The van der Waals surface area contributed by atoms with Crippen LogP contribution >= 0.6 is 0 Å². The van der Waals surface area contributed by atoms with Crippen molar-refractivity contribution < 1.29 is 22.0 Å². The van der Waals surface area contributed by atoms with E-state index in [-0.39, 0.29) is 12.2 Å². The molecule has 0 aliphatic heterocycles. The first-order chi connectivity index (χ1) is 15.8. The van der Waals surface area contributed by atoms with Crippen LogP contribution in [0, 0.1) is 11.6 Å². The second-order valence-electron chi connectivity index (χ2n) is 7.48. The van der Waals surface area contributed by atoms with Crippen molar-refractivity contribution in [1.29, 1.82) is 0 Å². The summed E-state index contributed by atoms with van der Waals surface area (Å²) in [6.07, 6.45) is 1.40. The average Bonchev–Trinajstić information content (AvgIpc) is 3.19. The molecule has 0 spiro atoms. The number of sulfonamides is 1. The van der Waals surface area contributed by atoms with Gasteiger partial charge in [-0.15, -0.1) is 0 Å².